The summed E-state index contributed by atoms with van der Waals surface area (Å²) < 4.78 is 5.74. The lowest BCUT2D eigenvalue weighted by molar-refractivity contribution is -0.123. The lowest BCUT2D eigenvalue weighted by Gasteiger charge is -2.27. The van der Waals surface area contributed by atoms with Crippen LogP contribution >= 0.6 is 12.4 Å². The Labute approximate surface area is 157 Å². The van der Waals surface area contributed by atoms with E-state index in [1.807, 2.05) is 18.2 Å². The largest absolute Gasteiger partial charge is 0.483 e. The number of halogens is 1. The second kappa shape index (κ2) is 12.1. The molecule has 2 rings (SSSR count). The molecule has 0 bridgehead atoms. The van der Waals surface area contributed by atoms with E-state index in [9.17, 15) is 4.79 Å². The van der Waals surface area contributed by atoms with E-state index >= 15 is 0 Å². The van der Waals surface area contributed by atoms with Gasteiger partial charge in [0.1, 0.15) is 5.75 Å². The molecule has 1 heterocycles. The van der Waals surface area contributed by atoms with Crippen LogP contribution in [-0.2, 0) is 4.79 Å². The number of nitrogens with zero attached hydrogens (tertiary/aromatic N) is 1. The smallest absolute Gasteiger partial charge is 0.257 e. The van der Waals surface area contributed by atoms with Crippen LogP contribution in [0.5, 0.6) is 5.75 Å². The molecule has 25 heavy (non-hydrogen) atoms. The zero-order chi connectivity index (χ0) is 17.2. The molecule has 0 radical (unpaired) electrons. The first kappa shape index (κ1) is 21.7. The number of carbonyl (C=O) groups is 1. The monoisotopic (exact) mass is 369 g/mol. The van der Waals surface area contributed by atoms with Crippen LogP contribution in [0.1, 0.15) is 38.2 Å². The minimum absolute atomic E-state index is 0. The summed E-state index contributed by atoms with van der Waals surface area (Å²) in [5.74, 6) is 1.21. The third-order valence-corrected chi connectivity index (χ3v) is 4.60. The summed E-state index contributed by atoms with van der Waals surface area (Å²) in [5, 5.41) is 6.29. The van der Waals surface area contributed by atoms with Crippen LogP contribution in [0, 0.1) is 0 Å². The Bertz CT molecular complexity index is 507. The fraction of sp³-hybridized carbons (Fsp3) is 0.632. The highest BCUT2D eigenvalue weighted by molar-refractivity contribution is 5.85. The molecule has 0 aromatic heterocycles. The summed E-state index contributed by atoms with van der Waals surface area (Å²) in [6, 6.07) is 7.99. The molecule has 0 spiro atoms. The number of carbonyl (C=O) groups excluding carboxylic acids is 1. The van der Waals surface area contributed by atoms with Crippen molar-refractivity contribution in [3.8, 4) is 5.75 Å². The zero-order valence-electron chi connectivity index (χ0n) is 15.4. The second-order valence-corrected chi connectivity index (χ2v) is 6.43. The zero-order valence-corrected chi connectivity index (χ0v) is 16.2. The Morgan fingerprint density at radius 2 is 2.04 bits per heavy atom. The van der Waals surface area contributed by atoms with Crippen LogP contribution in [0.25, 0.3) is 0 Å². The number of benzene rings is 1. The second-order valence-electron chi connectivity index (χ2n) is 6.43. The molecule has 1 saturated heterocycles. The van der Waals surface area contributed by atoms with Crippen molar-refractivity contribution >= 4 is 18.3 Å². The summed E-state index contributed by atoms with van der Waals surface area (Å²) in [7, 11) is 0. The average Bonchev–Trinajstić information content (AvgIpc) is 2.64. The highest BCUT2D eigenvalue weighted by Gasteiger charge is 2.11. The Morgan fingerprint density at radius 3 is 2.76 bits per heavy atom. The van der Waals surface area contributed by atoms with Gasteiger partial charge in [0, 0.05) is 32.7 Å². The minimum Gasteiger partial charge on any atom is -0.483 e. The molecular weight excluding hydrogens is 338 g/mol. The van der Waals surface area contributed by atoms with Crippen molar-refractivity contribution in [2.24, 2.45) is 0 Å². The van der Waals surface area contributed by atoms with Gasteiger partial charge in [-0.3, -0.25) is 4.79 Å². The lowest BCUT2D eigenvalue weighted by Crippen LogP contribution is -2.44. The predicted octanol–water partition coefficient (Wildman–Crippen LogP) is 2.41. The van der Waals surface area contributed by atoms with Crippen LogP contribution in [0.4, 0.5) is 0 Å². The maximum atomic E-state index is 12.0. The first-order valence-corrected chi connectivity index (χ1v) is 9.12. The maximum Gasteiger partial charge on any atom is 0.257 e. The predicted molar refractivity (Wildman–Crippen MR) is 105 cm³/mol. The van der Waals surface area contributed by atoms with Crippen LogP contribution in [0.3, 0.4) is 0 Å². The van der Waals surface area contributed by atoms with Crippen molar-refractivity contribution in [3.05, 3.63) is 29.8 Å². The van der Waals surface area contributed by atoms with E-state index < -0.39 is 0 Å². The molecular formula is C19H32ClN3O2. The molecule has 1 unspecified atom stereocenters. The molecule has 2 N–H and O–H groups in total. The fourth-order valence-electron chi connectivity index (χ4n) is 2.90. The number of hydrogen-bond donors (Lipinski definition) is 2. The van der Waals surface area contributed by atoms with E-state index in [2.05, 4.69) is 35.4 Å². The van der Waals surface area contributed by atoms with E-state index in [4.69, 9.17) is 4.74 Å². The molecule has 1 aliphatic heterocycles. The van der Waals surface area contributed by atoms with Gasteiger partial charge in [-0.25, -0.2) is 0 Å². The van der Waals surface area contributed by atoms with E-state index in [0.717, 1.165) is 51.3 Å². The Kier molecular flexibility index (Phi) is 10.5. The normalized spacial score (nSPS) is 15.9. The topological polar surface area (TPSA) is 53.6 Å². The molecule has 1 amide bonds. The number of nitrogens with one attached hydrogen (secondary N) is 2. The average molecular weight is 370 g/mol. The molecule has 0 aliphatic carbocycles. The SMILES string of the molecule is CCC(C)c1ccccc1OCC(=O)NCCCN1CCNCC1.Cl. The van der Waals surface area contributed by atoms with E-state index in [1.54, 1.807) is 0 Å². The van der Waals surface area contributed by atoms with Gasteiger partial charge in [0.2, 0.25) is 0 Å². The van der Waals surface area contributed by atoms with Crippen LogP contribution in [-0.4, -0.2) is 56.7 Å². The van der Waals surface area contributed by atoms with Gasteiger partial charge in [-0.15, -0.1) is 12.4 Å². The third-order valence-electron chi connectivity index (χ3n) is 4.60. The highest BCUT2D eigenvalue weighted by Crippen LogP contribution is 2.28. The van der Waals surface area contributed by atoms with Crippen LogP contribution in [0.2, 0.25) is 0 Å². The van der Waals surface area contributed by atoms with E-state index in [0.29, 0.717) is 12.5 Å². The molecule has 5 nitrogen and oxygen atoms in total. The number of ether oxygens (including phenoxy) is 1. The van der Waals surface area contributed by atoms with Gasteiger partial charge in [0.05, 0.1) is 0 Å². The first-order chi connectivity index (χ1) is 11.7. The van der Waals surface area contributed by atoms with Gasteiger partial charge in [0.15, 0.2) is 6.61 Å². The molecule has 1 aliphatic rings. The van der Waals surface area contributed by atoms with E-state index in [-0.39, 0.29) is 24.9 Å². The summed E-state index contributed by atoms with van der Waals surface area (Å²) in [6.07, 6.45) is 2.04. The molecule has 1 fully saturated rings. The van der Waals surface area contributed by atoms with Crippen molar-refractivity contribution < 1.29 is 9.53 Å². The summed E-state index contributed by atoms with van der Waals surface area (Å²) >= 11 is 0. The van der Waals surface area contributed by atoms with Gasteiger partial charge in [-0.1, -0.05) is 32.0 Å². The Hall–Kier alpha value is -1.30. The van der Waals surface area contributed by atoms with Crippen molar-refractivity contribution in [1.29, 1.82) is 0 Å². The quantitative estimate of drug-likeness (QED) is 0.656. The summed E-state index contributed by atoms with van der Waals surface area (Å²) in [4.78, 5) is 14.4. The number of piperazine rings is 1. The number of rotatable bonds is 9. The van der Waals surface area contributed by atoms with Gasteiger partial charge < -0.3 is 20.3 Å². The van der Waals surface area contributed by atoms with Crippen molar-refractivity contribution in [2.75, 3.05) is 45.9 Å². The maximum absolute atomic E-state index is 12.0. The molecule has 0 saturated carbocycles. The van der Waals surface area contributed by atoms with Gasteiger partial charge >= 0.3 is 0 Å². The molecule has 142 valence electrons. The molecule has 1 atom stereocenters. The van der Waals surface area contributed by atoms with Gasteiger partial charge in [-0.2, -0.15) is 0 Å². The van der Waals surface area contributed by atoms with E-state index in [1.165, 1.54) is 5.56 Å². The van der Waals surface area contributed by atoms with Crippen LogP contribution in [0.15, 0.2) is 24.3 Å². The molecule has 1 aromatic carbocycles. The molecule has 1 aromatic rings. The number of hydrogen-bond acceptors (Lipinski definition) is 4. The van der Waals surface area contributed by atoms with Crippen molar-refractivity contribution in [1.82, 2.24) is 15.5 Å². The van der Waals surface area contributed by atoms with Crippen molar-refractivity contribution in [3.63, 3.8) is 0 Å². The minimum atomic E-state index is -0.0470. The Morgan fingerprint density at radius 1 is 1.32 bits per heavy atom. The lowest BCUT2D eigenvalue weighted by atomic mass is 9.98. The first-order valence-electron chi connectivity index (χ1n) is 9.12. The van der Waals surface area contributed by atoms with Gasteiger partial charge in [-0.05, 0) is 36.9 Å². The number of para-hydroxylation sites is 1. The standard InChI is InChI=1S/C19H31N3O2.ClH/c1-3-16(2)17-7-4-5-8-18(17)24-15-19(23)21-9-6-12-22-13-10-20-11-14-22;/h4-5,7-8,16,20H,3,6,9-15H2,1-2H3,(H,21,23);1H. The Balaban J connectivity index is 0.00000312. The summed E-state index contributed by atoms with van der Waals surface area (Å²) in [6.45, 7) is 10.5. The fourth-order valence-corrected chi connectivity index (χ4v) is 2.90. The van der Waals surface area contributed by atoms with Crippen molar-refractivity contribution in [2.45, 2.75) is 32.6 Å². The highest BCUT2D eigenvalue weighted by atomic mass is 35.5. The van der Waals surface area contributed by atoms with Crippen LogP contribution < -0.4 is 15.4 Å². The van der Waals surface area contributed by atoms with Gasteiger partial charge in [0.25, 0.3) is 5.91 Å². The summed E-state index contributed by atoms with van der Waals surface area (Å²) in [5.41, 5.74) is 1.17. The third kappa shape index (κ3) is 7.63. The number of amides is 1. The molecule has 6 heteroatoms.